The molecule has 0 aliphatic carbocycles. The summed E-state index contributed by atoms with van der Waals surface area (Å²) < 4.78 is 39.7. The lowest BCUT2D eigenvalue weighted by Gasteiger charge is -2.38. The minimum atomic E-state index is -3.43. The Kier molecular flexibility index (Phi) is 7.51. The van der Waals surface area contributed by atoms with Crippen molar-refractivity contribution in [2.75, 3.05) is 0 Å². The van der Waals surface area contributed by atoms with Crippen LogP contribution in [0, 0.1) is 0 Å². The van der Waals surface area contributed by atoms with E-state index in [0.717, 1.165) is 0 Å². The van der Waals surface area contributed by atoms with Crippen LogP contribution < -0.4 is 0 Å². The second-order valence-corrected chi connectivity index (χ2v) is 17.4. The maximum Gasteiger partial charge on any atom is 0.548 e. The third-order valence-electron chi connectivity index (χ3n) is 2.56. The van der Waals surface area contributed by atoms with Gasteiger partial charge in [-0.15, -0.1) is 0 Å². The Morgan fingerprint density at radius 2 is 1.13 bits per heavy atom. The average molecular weight is 417 g/mol. The number of carbonyl (C=O) groups excluding carboxylic acids is 2. The molecule has 1 aliphatic heterocycles. The monoisotopic (exact) mass is 416 g/mol. The van der Waals surface area contributed by atoms with Crippen LogP contribution in [0.5, 0.6) is 0 Å². The van der Waals surface area contributed by atoms with Gasteiger partial charge in [0.1, 0.15) is 0 Å². The largest absolute Gasteiger partial charge is 0.548 e. The molecule has 1 rings (SSSR count). The molecule has 4 unspecified atom stereocenters. The Bertz CT molecular complexity index is 415. The lowest BCUT2D eigenvalue weighted by molar-refractivity contribution is -0.136. The number of rotatable bonds is 2. The van der Waals surface area contributed by atoms with E-state index in [2.05, 4.69) is 0 Å². The van der Waals surface area contributed by atoms with Crippen LogP contribution in [0.1, 0.15) is 13.8 Å². The SMILES string of the molecule is CC(=O)O[Si]1(C)O[SiH](C)O[SiH](C)O[SiH](C)O[Si](C)(OC(C)=O)O1. The normalized spacial score (nSPS) is 39.3. The summed E-state index contributed by atoms with van der Waals surface area (Å²) in [5, 5.41) is 0. The van der Waals surface area contributed by atoms with Crippen LogP contribution in [0.25, 0.3) is 0 Å². The average Bonchev–Trinajstić information content (AvgIpc) is 2.20. The van der Waals surface area contributed by atoms with Gasteiger partial charge in [0.2, 0.25) is 0 Å². The highest BCUT2D eigenvalue weighted by Crippen LogP contribution is 2.23. The number of hydrogen-bond acceptors (Lipinski definition) is 9. The maximum absolute atomic E-state index is 11.4. The number of hydrogen-bond donors (Lipinski definition) is 0. The fourth-order valence-electron chi connectivity index (χ4n) is 2.23. The van der Waals surface area contributed by atoms with E-state index in [4.69, 9.17) is 29.4 Å². The zero-order valence-corrected chi connectivity index (χ0v) is 19.9. The molecule has 0 aromatic carbocycles. The molecule has 14 heteroatoms. The van der Waals surface area contributed by atoms with Gasteiger partial charge >= 0.3 is 36.2 Å². The van der Waals surface area contributed by atoms with Gasteiger partial charge in [0.15, 0.2) is 0 Å². The molecular weight excluding hydrogens is 393 g/mol. The van der Waals surface area contributed by atoms with Gasteiger partial charge in [-0.1, -0.05) is 0 Å². The molecule has 9 nitrogen and oxygen atoms in total. The molecule has 1 heterocycles. The fourth-order valence-corrected chi connectivity index (χ4v) is 19.4. The van der Waals surface area contributed by atoms with Crippen LogP contribution in [0.4, 0.5) is 0 Å². The highest BCUT2D eigenvalue weighted by molar-refractivity contribution is 6.82. The summed E-state index contributed by atoms with van der Waals surface area (Å²) in [7, 11) is -13.1. The summed E-state index contributed by atoms with van der Waals surface area (Å²) in [6.07, 6.45) is 0. The van der Waals surface area contributed by atoms with E-state index in [1.807, 2.05) is 19.6 Å². The molecule has 0 aromatic rings. The molecule has 0 spiro atoms. The van der Waals surface area contributed by atoms with Crippen molar-refractivity contribution in [2.45, 2.75) is 46.6 Å². The van der Waals surface area contributed by atoms with E-state index in [1.165, 1.54) is 13.8 Å². The molecule has 4 atom stereocenters. The van der Waals surface area contributed by atoms with Crippen LogP contribution >= 0.6 is 0 Å². The molecule has 134 valence electrons. The molecule has 0 amide bonds. The van der Waals surface area contributed by atoms with E-state index in [9.17, 15) is 9.59 Å². The second kappa shape index (κ2) is 8.27. The summed E-state index contributed by atoms with van der Waals surface area (Å²) in [5.41, 5.74) is 0. The van der Waals surface area contributed by atoms with Gasteiger partial charge in [-0.3, -0.25) is 9.59 Å². The fraction of sp³-hybridized carbons (Fsp3) is 0.778. The van der Waals surface area contributed by atoms with Crippen molar-refractivity contribution >= 4 is 57.4 Å². The van der Waals surface area contributed by atoms with Crippen LogP contribution in [-0.2, 0) is 39.0 Å². The van der Waals surface area contributed by atoms with Gasteiger partial charge in [-0.05, 0) is 19.6 Å². The zero-order valence-electron chi connectivity index (χ0n) is 14.4. The third kappa shape index (κ3) is 7.50. The van der Waals surface area contributed by atoms with Crippen molar-refractivity contribution in [3.63, 3.8) is 0 Å². The van der Waals surface area contributed by atoms with E-state index < -0.39 is 57.4 Å². The first-order chi connectivity index (χ1) is 10.4. The summed E-state index contributed by atoms with van der Waals surface area (Å²) >= 11 is 0. The van der Waals surface area contributed by atoms with Crippen LogP contribution in [0.2, 0.25) is 32.7 Å². The van der Waals surface area contributed by atoms with Gasteiger partial charge in [0.25, 0.3) is 21.2 Å². The first-order valence-corrected chi connectivity index (χ1v) is 17.9. The minimum Gasteiger partial charge on any atom is -0.474 e. The smallest absolute Gasteiger partial charge is 0.474 e. The Hall–Kier alpha value is -0.176. The molecular formula is C9H24O9Si5. The van der Waals surface area contributed by atoms with Crippen molar-refractivity contribution in [3.05, 3.63) is 0 Å². The first kappa shape index (κ1) is 20.9. The standard InChI is InChI=1S/C9H24O9Si5/c1-8(10)12-22(6)16-20(4)14-19(3)15-21(5)17-23(7,18-22)13-9(2)11/h19-21H,1-7H3. The summed E-state index contributed by atoms with van der Waals surface area (Å²) in [6.45, 7) is 11.2. The maximum atomic E-state index is 11.4. The lowest BCUT2D eigenvalue weighted by Crippen LogP contribution is -2.61. The molecule has 1 saturated heterocycles. The molecule has 1 fully saturated rings. The van der Waals surface area contributed by atoms with Crippen LogP contribution in [0.3, 0.4) is 0 Å². The summed E-state index contributed by atoms with van der Waals surface area (Å²) in [6, 6.07) is 0. The van der Waals surface area contributed by atoms with Crippen molar-refractivity contribution in [3.8, 4) is 0 Å². The molecule has 0 aromatic heterocycles. The molecule has 0 N–H and O–H groups in total. The Balaban J connectivity index is 3.13. The predicted octanol–water partition coefficient (Wildman–Crippen LogP) is -0.103. The quantitative estimate of drug-likeness (QED) is 0.571. The third-order valence-corrected chi connectivity index (χ3v) is 19.1. The highest BCUT2D eigenvalue weighted by Gasteiger charge is 2.54. The van der Waals surface area contributed by atoms with Gasteiger partial charge in [-0.25, -0.2) is 0 Å². The highest BCUT2D eigenvalue weighted by atomic mass is 28.5. The van der Waals surface area contributed by atoms with Crippen molar-refractivity contribution in [2.24, 2.45) is 0 Å². The second-order valence-electron chi connectivity index (χ2n) is 5.22. The molecule has 1 aliphatic rings. The summed E-state index contributed by atoms with van der Waals surface area (Å²) in [4.78, 5) is 22.8. The topological polar surface area (TPSA) is 98.8 Å². The Morgan fingerprint density at radius 1 is 0.783 bits per heavy atom. The van der Waals surface area contributed by atoms with E-state index in [0.29, 0.717) is 0 Å². The van der Waals surface area contributed by atoms with Gasteiger partial charge < -0.3 is 29.4 Å². The van der Waals surface area contributed by atoms with Crippen molar-refractivity contribution in [1.82, 2.24) is 0 Å². The van der Waals surface area contributed by atoms with Crippen molar-refractivity contribution < 1.29 is 39.0 Å². The predicted molar refractivity (Wildman–Crippen MR) is 91.2 cm³/mol. The Morgan fingerprint density at radius 3 is 1.43 bits per heavy atom. The lowest BCUT2D eigenvalue weighted by atomic mass is 10.9. The van der Waals surface area contributed by atoms with Gasteiger partial charge in [-0.2, -0.15) is 0 Å². The van der Waals surface area contributed by atoms with Gasteiger partial charge in [0, 0.05) is 26.9 Å². The first-order valence-electron chi connectivity index (χ1n) is 7.19. The zero-order chi connectivity index (χ0) is 17.8. The number of carbonyl (C=O) groups is 2. The van der Waals surface area contributed by atoms with Crippen molar-refractivity contribution in [1.29, 1.82) is 0 Å². The Labute approximate surface area is 143 Å². The van der Waals surface area contributed by atoms with E-state index in [1.54, 1.807) is 13.1 Å². The minimum absolute atomic E-state index is 0.538. The molecule has 0 saturated carbocycles. The van der Waals surface area contributed by atoms with Crippen LogP contribution in [0.15, 0.2) is 0 Å². The molecule has 23 heavy (non-hydrogen) atoms. The summed E-state index contributed by atoms with van der Waals surface area (Å²) in [5.74, 6) is -1.08. The molecule has 0 radical (unpaired) electrons. The van der Waals surface area contributed by atoms with Crippen LogP contribution in [-0.4, -0.2) is 57.4 Å². The van der Waals surface area contributed by atoms with E-state index in [-0.39, 0.29) is 0 Å². The molecule has 0 bridgehead atoms. The van der Waals surface area contributed by atoms with Gasteiger partial charge in [0.05, 0.1) is 0 Å². The van der Waals surface area contributed by atoms with E-state index >= 15 is 0 Å².